The third-order valence-electron chi connectivity index (χ3n) is 5.50. The number of rotatable bonds is 4. The number of pyridine rings is 3. The van der Waals surface area contributed by atoms with Crippen LogP contribution in [0.25, 0.3) is 22.0 Å². The van der Waals surface area contributed by atoms with Gasteiger partial charge in [-0.25, -0.2) is 9.97 Å². The maximum absolute atomic E-state index is 12.5. The molecule has 0 saturated heterocycles. The molecule has 3 atom stereocenters. The fourth-order valence-corrected chi connectivity index (χ4v) is 3.72. The van der Waals surface area contributed by atoms with Crippen LogP contribution >= 0.6 is 0 Å². The zero-order chi connectivity index (χ0) is 19.8. The largest absolute Gasteiger partial charge is 0.383 e. The number of nitrogens with one attached hydrogen (secondary N) is 1. The smallest absolute Gasteiger partial charge is 0.229 e. The molecule has 0 spiro atoms. The summed E-state index contributed by atoms with van der Waals surface area (Å²) in [6.45, 7) is 3.99. The van der Waals surface area contributed by atoms with Crippen LogP contribution in [0.2, 0.25) is 0 Å². The standard InChI is InChI=1S/C21H20N6O/c1-11-4-6-24-9-15(11)17-7-13-8-18(25-10-16(13)20(23)26-17)27-21(28)19-12(2)14(19)3-5-22/h4,6-10,12,14,19H,3H2,1-2H3,(H2,23,26)(H,25,27,28). The Morgan fingerprint density at radius 3 is 2.93 bits per heavy atom. The summed E-state index contributed by atoms with van der Waals surface area (Å²) >= 11 is 0. The molecule has 28 heavy (non-hydrogen) atoms. The van der Waals surface area contributed by atoms with Gasteiger partial charge < -0.3 is 11.1 Å². The van der Waals surface area contributed by atoms with Crippen molar-refractivity contribution in [3.05, 3.63) is 42.4 Å². The molecule has 0 aromatic carbocycles. The van der Waals surface area contributed by atoms with Crippen LogP contribution in [0.5, 0.6) is 0 Å². The number of hydrogen-bond donors (Lipinski definition) is 2. The molecule has 3 aromatic heterocycles. The van der Waals surface area contributed by atoms with Crippen LogP contribution in [0.4, 0.5) is 11.6 Å². The molecule has 3 N–H and O–H groups in total. The molecule has 4 rings (SSSR count). The van der Waals surface area contributed by atoms with Crippen molar-refractivity contribution in [2.75, 3.05) is 11.1 Å². The first-order chi connectivity index (χ1) is 13.5. The normalized spacial score (nSPS) is 20.5. The predicted molar refractivity (Wildman–Crippen MR) is 107 cm³/mol. The van der Waals surface area contributed by atoms with Gasteiger partial charge in [0.1, 0.15) is 11.6 Å². The summed E-state index contributed by atoms with van der Waals surface area (Å²) in [4.78, 5) is 25.5. The molecule has 0 bridgehead atoms. The lowest BCUT2D eigenvalue weighted by atomic mass is 10.1. The van der Waals surface area contributed by atoms with Gasteiger partial charge in [0, 0.05) is 41.9 Å². The van der Waals surface area contributed by atoms with Crippen molar-refractivity contribution in [2.24, 2.45) is 17.8 Å². The average molecular weight is 372 g/mol. The Balaban J connectivity index is 1.64. The van der Waals surface area contributed by atoms with Crippen LogP contribution < -0.4 is 11.1 Å². The number of aryl methyl sites for hydroxylation is 1. The molecule has 1 amide bonds. The highest BCUT2D eigenvalue weighted by atomic mass is 16.2. The van der Waals surface area contributed by atoms with Gasteiger partial charge in [0.15, 0.2) is 0 Å². The average Bonchev–Trinajstić information content (AvgIpc) is 3.31. The van der Waals surface area contributed by atoms with Crippen molar-refractivity contribution < 1.29 is 4.79 Å². The minimum Gasteiger partial charge on any atom is -0.383 e. The number of fused-ring (bicyclic) bond motifs is 1. The lowest BCUT2D eigenvalue weighted by Gasteiger charge is -2.10. The van der Waals surface area contributed by atoms with Gasteiger partial charge in [0.2, 0.25) is 5.91 Å². The lowest BCUT2D eigenvalue weighted by Crippen LogP contribution is -2.16. The van der Waals surface area contributed by atoms with Crippen molar-refractivity contribution >= 4 is 28.3 Å². The van der Waals surface area contributed by atoms with E-state index in [1.54, 1.807) is 24.7 Å². The minimum absolute atomic E-state index is 0.0926. The van der Waals surface area contributed by atoms with Crippen molar-refractivity contribution in [1.82, 2.24) is 15.0 Å². The number of anilines is 2. The zero-order valence-corrected chi connectivity index (χ0v) is 15.7. The molecule has 3 aromatic rings. The van der Waals surface area contributed by atoms with E-state index in [1.165, 1.54) is 0 Å². The molecule has 1 aliphatic rings. The number of nitrogens with zero attached hydrogens (tertiary/aromatic N) is 4. The Morgan fingerprint density at radius 1 is 1.36 bits per heavy atom. The second kappa shape index (κ2) is 6.89. The van der Waals surface area contributed by atoms with Gasteiger partial charge in [-0.3, -0.25) is 9.78 Å². The number of nitrogen functional groups attached to an aromatic ring is 1. The summed E-state index contributed by atoms with van der Waals surface area (Å²) in [5.41, 5.74) is 8.82. The third-order valence-corrected chi connectivity index (χ3v) is 5.50. The van der Waals surface area contributed by atoms with Gasteiger partial charge in [-0.15, -0.1) is 0 Å². The van der Waals surface area contributed by atoms with Crippen molar-refractivity contribution in [3.63, 3.8) is 0 Å². The SMILES string of the molecule is Cc1ccncc1-c1cc2cc(NC(=O)C3C(C)C3CC#N)ncc2c(N)n1. The predicted octanol–water partition coefficient (Wildman–Crippen LogP) is 3.32. The van der Waals surface area contributed by atoms with Gasteiger partial charge in [0.25, 0.3) is 0 Å². The maximum atomic E-state index is 12.5. The first-order valence-electron chi connectivity index (χ1n) is 9.14. The third kappa shape index (κ3) is 3.14. The summed E-state index contributed by atoms with van der Waals surface area (Å²) in [6, 6.07) is 7.78. The minimum atomic E-state index is -0.131. The summed E-state index contributed by atoms with van der Waals surface area (Å²) in [6.07, 6.45) is 5.52. The summed E-state index contributed by atoms with van der Waals surface area (Å²) in [5.74, 6) is 0.974. The second-order valence-corrected chi connectivity index (χ2v) is 7.27. The highest BCUT2D eigenvalue weighted by Crippen LogP contribution is 2.48. The van der Waals surface area contributed by atoms with Gasteiger partial charge in [-0.2, -0.15) is 5.26 Å². The van der Waals surface area contributed by atoms with Crippen molar-refractivity contribution in [3.8, 4) is 17.3 Å². The monoisotopic (exact) mass is 372 g/mol. The highest BCUT2D eigenvalue weighted by Gasteiger charge is 2.51. The van der Waals surface area contributed by atoms with Crippen LogP contribution in [0, 0.1) is 36.0 Å². The van der Waals surface area contributed by atoms with E-state index in [0.717, 1.165) is 27.6 Å². The van der Waals surface area contributed by atoms with Crippen LogP contribution in [-0.2, 0) is 4.79 Å². The van der Waals surface area contributed by atoms with Gasteiger partial charge in [-0.05, 0) is 47.9 Å². The van der Waals surface area contributed by atoms with Crippen LogP contribution in [-0.4, -0.2) is 20.9 Å². The van der Waals surface area contributed by atoms with Gasteiger partial charge in [0.05, 0.1) is 11.8 Å². The van der Waals surface area contributed by atoms with Crippen molar-refractivity contribution in [1.29, 1.82) is 5.26 Å². The van der Waals surface area contributed by atoms with E-state index >= 15 is 0 Å². The molecule has 140 valence electrons. The van der Waals surface area contributed by atoms with E-state index in [4.69, 9.17) is 11.0 Å². The molecular weight excluding hydrogens is 352 g/mol. The number of hydrogen-bond acceptors (Lipinski definition) is 6. The van der Waals surface area contributed by atoms with E-state index in [0.29, 0.717) is 18.1 Å². The molecule has 7 nitrogen and oxygen atoms in total. The Labute approximate surface area is 162 Å². The molecule has 1 saturated carbocycles. The number of amides is 1. The maximum Gasteiger partial charge on any atom is 0.229 e. The number of carbonyl (C=O) groups is 1. The molecular formula is C21H20N6O. The van der Waals surface area contributed by atoms with Crippen LogP contribution in [0.15, 0.2) is 36.8 Å². The summed E-state index contributed by atoms with van der Waals surface area (Å²) < 4.78 is 0. The summed E-state index contributed by atoms with van der Waals surface area (Å²) in [5, 5.41) is 13.3. The van der Waals surface area contributed by atoms with E-state index in [2.05, 4.69) is 26.3 Å². The number of nitrogens with two attached hydrogens (primary N) is 1. The van der Waals surface area contributed by atoms with E-state index in [-0.39, 0.29) is 23.7 Å². The Kier molecular flexibility index (Phi) is 4.40. The summed E-state index contributed by atoms with van der Waals surface area (Å²) in [7, 11) is 0. The second-order valence-electron chi connectivity index (χ2n) is 7.27. The van der Waals surface area contributed by atoms with Gasteiger partial charge in [-0.1, -0.05) is 6.92 Å². The lowest BCUT2D eigenvalue weighted by molar-refractivity contribution is -0.117. The van der Waals surface area contributed by atoms with E-state index < -0.39 is 0 Å². The van der Waals surface area contributed by atoms with Crippen LogP contribution in [0.1, 0.15) is 18.9 Å². The van der Waals surface area contributed by atoms with Crippen LogP contribution in [0.3, 0.4) is 0 Å². The Bertz CT molecular complexity index is 1120. The fourth-order valence-electron chi connectivity index (χ4n) is 3.72. The Morgan fingerprint density at radius 2 is 2.18 bits per heavy atom. The molecule has 3 heterocycles. The zero-order valence-electron chi connectivity index (χ0n) is 15.7. The molecule has 1 aliphatic carbocycles. The molecule has 1 fully saturated rings. The number of carbonyl (C=O) groups excluding carboxylic acids is 1. The van der Waals surface area contributed by atoms with E-state index in [9.17, 15) is 4.79 Å². The number of nitriles is 1. The topological polar surface area (TPSA) is 118 Å². The van der Waals surface area contributed by atoms with E-state index in [1.807, 2.05) is 26.0 Å². The molecule has 3 unspecified atom stereocenters. The van der Waals surface area contributed by atoms with Crippen molar-refractivity contribution in [2.45, 2.75) is 20.3 Å². The molecule has 7 heteroatoms. The van der Waals surface area contributed by atoms with Gasteiger partial charge >= 0.3 is 0 Å². The molecule has 0 aliphatic heterocycles. The number of aromatic nitrogens is 3. The quantitative estimate of drug-likeness (QED) is 0.725. The highest BCUT2D eigenvalue weighted by molar-refractivity contribution is 5.98. The fraction of sp³-hybridized carbons (Fsp3) is 0.286. The first-order valence-corrected chi connectivity index (χ1v) is 9.14. The molecule has 0 radical (unpaired) electrons. The Hall–Kier alpha value is -3.53. The first kappa shape index (κ1) is 17.9.